The van der Waals surface area contributed by atoms with E-state index in [0.717, 1.165) is 35.6 Å². The molecule has 8 atom stereocenters. The van der Waals surface area contributed by atoms with E-state index in [4.69, 9.17) is 0 Å². The summed E-state index contributed by atoms with van der Waals surface area (Å²) < 4.78 is 0. The number of hydrogen-bond acceptors (Lipinski definition) is 2. The molecular formula is C22H39NO. The molecule has 0 radical (unpaired) electrons. The van der Waals surface area contributed by atoms with Crippen LogP contribution in [0.5, 0.6) is 0 Å². The first kappa shape index (κ1) is 17.3. The number of aliphatic hydroxyl groups is 1. The largest absolute Gasteiger partial charge is 0.396 e. The van der Waals surface area contributed by atoms with Crippen molar-refractivity contribution in [2.75, 3.05) is 13.7 Å². The van der Waals surface area contributed by atoms with Crippen LogP contribution in [0.15, 0.2) is 0 Å². The molecule has 0 spiro atoms. The molecule has 4 aliphatic carbocycles. The molecule has 4 fully saturated rings. The highest BCUT2D eigenvalue weighted by Crippen LogP contribution is 2.63. The highest BCUT2D eigenvalue weighted by atomic mass is 16.3. The molecule has 0 heterocycles. The first-order valence-corrected chi connectivity index (χ1v) is 10.8. The molecule has 2 nitrogen and oxygen atoms in total. The van der Waals surface area contributed by atoms with Crippen molar-refractivity contribution in [2.45, 2.75) is 84.1 Å². The van der Waals surface area contributed by atoms with Gasteiger partial charge in [-0.2, -0.15) is 0 Å². The van der Waals surface area contributed by atoms with E-state index in [1.54, 1.807) is 0 Å². The van der Waals surface area contributed by atoms with Crippen LogP contribution in [0, 0.1) is 40.4 Å². The molecule has 4 aliphatic rings. The van der Waals surface area contributed by atoms with Crippen LogP contribution < -0.4 is 5.32 Å². The third kappa shape index (κ3) is 2.42. The molecule has 0 saturated heterocycles. The van der Waals surface area contributed by atoms with Gasteiger partial charge in [-0.25, -0.2) is 0 Å². The quantitative estimate of drug-likeness (QED) is 0.790. The molecule has 138 valence electrons. The Kier molecular flexibility index (Phi) is 4.53. The van der Waals surface area contributed by atoms with Crippen molar-refractivity contribution in [3.05, 3.63) is 0 Å². The van der Waals surface area contributed by atoms with Crippen molar-refractivity contribution in [1.82, 2.24) is 5.32 Å². The second-order valence-corrected chi connectivity index (χ2v) is 10.2. The van der Waals surface area contributed by atoms with Crippen LogP contribution in [0.25, 0.3) is 0 Å². The Bertz CT molecular complexity index is 459. The van der Waals surface area contributed by atoms with E-state index in [1.807, 2.05) is 0 Å². The SMILES string of the molecule is CCC1(CO)CC[C@H]2[C@@H](CC[C@@H]3[C@@H]2CC[C@]2(C)[C@@H](NC)CC[C@@H]32)C1. The van der Waals surface area contributed by atoms with Gasteiger partial charge in [0, 0.05) is 12.6 Å². The molecule has 1 unspecified atom stereocenters. The molecule has 0 aromatic rings. The summed E-state index contributed by atoms with van der Waals surface area (Å²) in [6.07, 6.45) is 13.9. The Morgan fingerprint density at radius 3 is 2.46 bits per heavy atom. The van der Waals surface area contributed by atoms with E-state index in [0.29, 0.717) is 12.0 Å². The summed E-state index contributed by atoms with van der Waals surface area (Å²) in [7, 11) is 2.18. The monoisotopic (exact) mass is 333 g/mol. The van der Waals surface area contributed by atoms with Crippen molar-refractivity contribution in [2.24, 2.45) is 40.4 Å². The average molecular weight is 334 g/mol. The van der Waals surface area contributed by atoms with Gasteiger partial charge in [-0.15, -0.1) is 0 Å². The van der Waals surface area contributed by atoms with Crippen molar-refractivity contribution < 1.29 is 5.11 Å². The predicted octanol–water partition coefficient (Wildman–Crippen LogP) is 4.62. The summed E-state index contributed by atoms with van der Waals surface area (Å²) in [5.74, 6) is 4.88. The predicted molar refractivity (Wildman–Crippen MR) is 99.8 cm³/mol. The molecule has 2 N–H and O–H groups in total. The lowest BCUT2D eigenvalue weighted by Gasteiger charge is -2.57. The first-order valence-electron chi connectivity index (χ1n) is 10.8. The minimum absolute atomic E-state index is 0.266. The fourth-order valence-corrected chi connectivity index (χ4v) is 8.12. The lowest BCUT2D eigenvalue weighted by Crippen LogP contribution is -2.52. The van der Waals surface area contributed by atoms with Crippen molar-refractivity contribution >= 4 is 0 Å². The van der Waals surface area contributed by atoms with Gasteiger partial charge in [0.1, 0.15) is 0 Å². The standard InChI is InChI=1S/C22H39NO/c1-4-22(14-24)12-10-16-15(13-22)5-6-18-17(16)9-11-21(2)19(18)7-8-20(21)23-3/h15-20,23-24H,4-14H2,1-3H3/t15-,16-,17+,18+,19-,20-,21-,22?/m0/s1. The number of hydrogen-bond donors (Lipinski definition) is 2. The van der Waals surface area contributed by atoms with Gasteiger partial charge in [-0.05, 0) is 112 Å². The van der Waals surface area contributed by atoms with Crippen molar-refractivity contribution in [3.8, 4) is 0 Å². The zero-order valence-corrected chi connectivity index (χ0v) is 16.2. The third-order valence-corrected chi connectivity index (χ3v) is 9.66. The van der Waals surface area contributed by atoms with Gasteiger partial charge in [0.2, 0.25) is 0 Å². The molecule has 24 heavy (non-hydrogen) atoms. The van der Waals surface area contributed by atoms with E-state index in [2.05, 4.69) is 26.2 Å². The summed E-state index contributed by atoms with van der Waals surface area (Å²) in [5.41, 5.74) is 0.831. The zero-order chi connectivity index (χ0) is 16.9. The van der Waals surface area contributed by atoms with Gasteiger partial charge in [-0.3, -0.25) is 0 Å². The van der Waals surface area contributed by atoms with Crippen LogP contribution in [-0.4, -0.2) is 24.8 Å². The Labute approximate surface area is 149 Å². The summed E-state index contributed by atoms with van der Waals surface area (Å²) in [5, 5.41) is 13.6. The minimum atomic E-state index is 0.266. The zero-order valence-electron chi connectivity index (χ0n) is 16.2. The maximum absolute atomic E-state index is 9.97. The Hall–Kier alpha value is -0.0800. The van der Waals surface area contributed by atoms with Crippen LogP contribution in [0.2, 0.25) is 0 Å². The molecule has 4 saturated carbocycles. The molecular weight excluding hydrogens is 294 g/mol. The van der Waals surface area contributed by atoms with Crippen LogP contribution in [0.3, 0.4) is 0 Å². The Morgan fingerprint density at radius 1 is 0.958 bits per heavy atom. The van der Waals surface area contributed by atoms with Gasteiger partial charge in [0.05, 0.1) is 0 Å². The van der Waals surface area contributed by atoms with Gasteiger partial charge >= 0.3 is 0 Å². The van der Waals surface area contributed by atoms with Gasteiger partial charge in [-0.1, -0.05) is 13.8 Å². The third-order valence-electron chi connectivity index (χ3n) is 9.66. The van der Waals surface area contributed by atoms with E-state index < -0.39 is 0 Å². The van der Waals surface area contributed by atoms with E-state index in [9.17, 15) is 5.11 Å². The molecule has 0 aliphatic heterocycles. The summed E-state index contributed by atoms with van der Waals surface area (Å²) in [6.45, 7) is 5.32. The number of rotatable bonds is 3. The van der Waals surface area contributed by atoms with E-state index in [1.165, 1.54) is 64.2 Å². The van der Waals surface area contributed by atoms with Crippen LogP contribution in [-0.2, 0) is 0 Å². The normalized spacial score (nSPS) is 54.0. The number of nitrogens with one attached hydrogen (secondary N) is 1. The Balaban J connectivity index is 1.52. The summed E-state index contributed by atoms with van der Waals surface area (Å²) in [4.78, 5) is 0. The second kappa shape index (κ2) is 6.27. The highest BCUT2D eigenvalue weighted by Gasteiger charge is 2.57. The molecule has 4 rings (SSSR count). The minimum Gasteiger partial charge on any atom is -0.396 e. The first-order chi connectivity index (χ1) is 11.6. The van der Waals surface area contributed by atoms with E-state index in [-0.39, 0.29) is 5.41 Å². The molecule has 0 aromatic heterocycles. The molecule has 2 heteroatoms. The summed E-state index contributed by atoms with van der Waals surface area (Å²) >= 11 is 0. The molecule has 0 aromatic carbocycles. The maximum Gasteiger partial charge on any atom is 0.0487 e. The lowest BCUT2D eigenvalue weighted by molar-refractivity contribution is -0.0836. The topological polar surface area (TPSA) is 32.3 Å². The fourth-order valence-electron chi connectivity index (χ4n) is 8.12. The van der Waals surface area contributed by atoms with Crippen LogP contribution in [0.1, 0.15) is 78.1 Å². The maximum atomic E-state index is 9.97. The molecule has 0 amide bonds. The van der Waals surface area contributed by atoms with Gasteiger partial charge < -0.3 is 10.4 Å². The highest BCUT2D eigenvalue weighted by molar-refractivity contribution is 5.08. The molecule has 0 bridgehead atoms. The Morgan fingerprint density at radius 2 is 1.75 bits per heavy atom. The van der Waals surface area contributed by atoms with Gasteiger partial charge in [0.15, 0.2) is 0 Å². The summed E-state index contributed by atoms with van der Waals surface area (Å²) in [6, 6.07) is 0.759. The van der Waals surface area contributed by atoms with Crippen LogP contribution >= 0.6 is 0 Å². The smallest absolute Gasteiger partial charge is 0.0487 e. The lowest BCUT2D eigenvalue weighted by atomic mass is 9.48. The van der Waals surface area contributed by atoms with Crippen molar-refractivity contribution in [1.29, 1.82) is 0 Å². The van der Waals surface area contributed by atoms with Crippen LogP contribution in [0.4, 0.5) is 0 Å². The van der Waals surface area contributed by atoms with E-state index >= 15 is 0 Å². The van der Waals surface area contributed by atoms with Crippen molar-refractivity contribution in [3.63, 3.8) is 0 Å². The number of fused-ring (bicyclic) bond motifs is 5. The fraction of sp³-hybridized carbons (Fsp3) is 1.00. The van der Waals surface area contributed by atoms with Gasteiger partial charge in [0.25, 0.3) is 0 Å². The second-order valence-electron chi connectivity index (χ2n) is 10.2. The average Bonchev–Trinajstić information content (AvgIpc) is 2.97. The number of aliphatic hydroxyl groups excluding tert-OH is 1.